The fourth-order valence-electron chi connectivity index (χ4n) is 1.86. The van der Waals surface area contributed by atoms with Crippen LogP contribution in [0.3, 0.4) is 0 Å². The lowest BCUT2D eigenvalue weighted by atomic mass is 10.2. The van der Waals surface area contributed by atoms with Gasteiger partial charge in [-0.3, -0.25) is 4.79 Å². The van der Waals surface area contributed by atoms with E-state index in [1.165, 1.54) is 10.7 Å². The van der Waals surface area contributed by atoms with E-state index in [9.17, 15) is 14.9 Å². The molecule has 0 aromatic carbocycles. The molecule has 2 rings (SSSR count). The molecule has 1 aliphatic rings. The molecule has 7 heteroatoms. The quantitative estimate of drug-likeness (QED) is 0.622. The molecule has 1 aromatic heterocycles. The Morgan fingerprint density at radius 2 is 2.41 bits per heavy atom. The maximum Gasteiger partial charge on any atom is 0.390 e. The number of rotatable bonds is 5. The van der Waals surface area contributed by atoms with Gasteiger partial charge in [-0.05, 0) is 24.7 Å². The van der Waals surface area contributed by atoms with Gasteiger partial charge in [0.1, 0.15) is 0 Å². The Hall–Kier alpha value is -1.92. The number of aromatic nitrogens is 2. The molecule has 1 atom stereocenters. The number of nitrogens with zero attached hydrogens (tertiary/aromatic N) is 3. The lowest BCUT2D eigenvalue weighted by Crippen LogP contribution is -2.14. The van der Waals surface area contributed by atoms with Gasteiger partial charge in [0.2, 0.25) is 0 Å². The highest BCUT2D eigenvalue weighted by Crippen LogP contribution is 2.42. The number of carboxylic acid groups (broad SMARTS) is 1. The van der Waals surface area contributed by atoms with E-state index < -0.39 is 10.9 Å². The zero-order valence-electron chi connectivity index (χ0n) is 9.37. The van der Waals surface area contributed by atoms with Gasteiger partial charge in [0.25, 0.3) is 0 Å². The highest BCUT2D eigenvalue weighted by atomic mass is 16.6. The van der Waals surface area contributed by atoms with Crippen LogP contribution in [0.2, 0.25) is 0 Å². The van der Waals surface area contributed by atoms with Crippen LogP contribution < -0.4 is 0 Å². The van der Waals surface area contributed by atoms with Gasteiger partial charge in [0.05, 0.1) is 29.3 Å². The molecule has 1 saturated carbocycles. The summed E-state index contributed by atoms with van der Waals surface area (Å²) in [6, 6.07) is 1.09. The molecule has 1 aromatic rings. The van der Waals surface area contributed by atoms with Crippen molar-refractivity contribution < 1.29 is 14.8 Å². The molecule has 0 saturated heterocycles. The molecule has 0 radical (unpaired) electrons. The van der Waals surface area contributed by atoms with Crippen LogP contribution in [-0.2, 0) is 4.79 Å². The number of carbonyl (C=O) groups is 1. The first-order valence-electron chi connectivity index (χ1n) is 5.44. The summed E-state index contributed by atoms with van der Waals surface area (Å²) in [6.07, 6.45) is 1.89. The third kappa shape index (κ3) is 2.43. The van der Waals surface area contributed by atoms with E-state index in [2.05, 4.69) is 5.10 Å². The van der Waals surface area contributed by atoms with Crippen LogP contribution in [0.5, 0.6) is 0 Å². The van der Waals surface area contributed by atoms with E-state index in [0.717, 1.165) is 18.5 Å². The second kappa shape index (κ2) is 4.15. The normalized spacial score (nSPS) is 16.8. The number of hydrogen-bond donors (Lipinski definition) is 1. The van der Waals surface area contributed by atoms with E-state index in [4.69, 9.17) is 5.11 Å². The van der Waals surface area contributed by atoms with Crippen molar-refractivity contribution in [1.29, 1.82) is 0 Å². The van der Waals surface area contributed by atoms with E-state index in [-0.39, 0.29) is 18.3 Å². The molecule has 0 spiro atoms. The average Bonchev–Trinajstić information content (AvgIpc) is 2.95. The lowest BCUT2D eigenvalue weighted by Gasteiger charge is -2.08. The maximum absolute atomic E-state index is 10.7. The Morgan fingerprint density at radius 1 is 1.76 bits per heavy atom. The van der Waals surface area contributed by atoms with Crippen molar-refractivity contribution in [2.24, 2.45) is 0 Å². The van der Waals surface area contributed by atoms with E-state index in [0.29, 0.717) is 5.92 Å². The Kier molecular flexibility index (Phi) is 2.83. The Bertz CT molecular complexity index is 464. The van der Waals surface area contributed by atoms with Crippen LogP contribution in [0.4, 0.5) is 5.82 Å². The molecule has 1 heterocycles. The average molecular weight is 239 g/mol. The standard InChI is InChI=1S/C10H13N3O4/c1-6(4-10(14)15)12-8(7-2-3-7)5-9(11-12)13(16)17/h5-7H,2-4H2,1H3,(H,14,15)/t6-/m0/s1. The first kappa shape index (κ1) is 11.6. The molecule has 0 amide bonds. The molecule has 1 aliphatic carbocycles. The minimum Gasteiger partial charge on any atom is -0.481 e. The third-order valence-electron chi connectivity index (χ3n) is 2.82. The number of carboxylic acids is 1. The van der Waals surface area contributed by atoms with Crippen molar-refractivity contribution in [3.63, 3.8) is 0 Å². The predicted molar refractivity (Wildman–Crippen MR) is 57.8 cm³/mol. The van der Waals surface area contributed by atoms with Crippen molar-refractivity contribution in [1.82, 2.24) is 9.78 Å². The van der Waals surface area contributed by atoms with E-state index in [1.54, 1.807) is 6.92 Å². The van der Waals surface area contributed by atoms with Crippen molar-refractivity contribution in [2.45, 2.75) is 38.1 Å². The number of nitro groups is 1. The smallest absolute Gasteiger partial charge is 0.390 e. The fraction of sp³-hybridized carbons (Fsp3) is 0.600. The van der Waals surface area contributed by atoms with Crippen molar-refractivity contribution in [3.8, 4) is 0 Å². The largest absolute Gasteiger partial charge is 0.481 e. The summed E-state index contributed by atoms with van der Waals surface area (Å²) in [6.45, 7) is 1.71. The molecule has 17 heavy (non-hydrogen) atoms. The molecule has 7 nitrogen and oxygen atoms in total. The van der Waals surface area contributed by atoms with E-state index in [1.807, 2.05) is 0 Å². The van der Waals surface area contributed by atoms with Crippen LogP contribution in [-0.4, -0.2) is 25.8 Å². The van der Waals surface area contributed by atoms with Gasteiger partial charge in [-0.1, -0.05) is 0 Å². The molecule has 0 aliphatic heterocycles. The zero-order chi connectivity index (χ0) is 12.6. The molecular formula is C10H13N3O4. The summed E-state index contributed by atoms with van der Waals surface area (Å²) < 4.78 is 1.49. The first-order chi connectivity index (χ1) is 7.99. The summed E-state index contributed by atoms with van der Waals surface area (Å²) in [7, 11) is 0. The van der Waals surface area contributed by atoms with Gasteiger partial charge in [0.15, 0.2) is 0 Å². The Balaban J connectivity index is 2.30. The van der Waals surface area contributed by atoms with Crippen LogP contribution >= 0.6 is 0 Å². The van der Waals surface area contributed by atoms with Gasteiger partial charge in [-0.2, -0.15) is 4.68 Å². The SMILES string of the molecule is C[C@@H](CC(=O)O)n1nc([N+](=O)[O-])cc1C1CC1. The van der Waals surface area contributed by atoms with Crippen LogP contribution in [0, 0.1) is 10.1 Å². The zero-order valence-corrected chi connectivity index (χ0v) is 9.37. The van der Waals surface area contributed by atoms with E-state index >= 15 is 0 Å². The van der Waals surface area contributed by atoms with Crippen LogP contribution in [0.1, 0.15) is 43.8 Å². The first-order valence-corrected chi connectivity index (χ1v) is 5.44. The summed E-state index contributed by atoms with van der Waals surface area (Å²) in [5.41, 5.74) is 0.783. The number of aliphatic carboxylic acids is 1. The second-order valence-corrected chi connectivity index (χ2v) is 4.35. The van der Waals surface area contributed by atoms with Gasteiger partial charge < -0.3 is 15.2 Å². The third-order valence-corrected chi connectivity index (χ3v) is 2.82. The van der Waals surface area contributed by atoms with Crippen LogP contribution in [0.25, 0.3) is 0 Å². The molecule has 92 valence electrons. The van der Waals surface area contributed by atoms with Gasteiger partial charge in [0, 0.05) is 5.92 Å². The molecule has 1 N–H and O–H groups in total. The highest BCUT2D eigenvalue weighted by Gasteiger charge is 2.33. The minimum absolute atomic E-state index is 0.0848. The van der Waals surface area contributed by atoms with Crippen LogP contribution in [0.15, 0.2) is 6.07 Å². The van der Waals surface area contributed by atoms with Gasteiger partial charge in [-0.15, -0.1) is 0 Å². The Morgan fingerprint density at radius 3 is 2.88 bits per heavy atom. The fourth-order valence-corrected chi connectivity index (χ4v) is 1.86. The summed E-state index contributed by atoms with van der Waals surface area (Å²) in [5, 5.41) is 23.3. The summed E-state index contributed by atoms with van der Waals surface area (Å²) in [5.74, 6) is -0.839. The molecular weight excluding hydrogens is 226 g/mol. The second-order valence-electron chi connectivity index (χ2n) is 4.35. The van der Waals surface area contributed by atoms with Crippen molar-refractivity contribution in [2.75, 3.05) is 0 Å². The molecule has 0 unspecified atom stereocenters. The Labute approximate surface area is 97.2 Å². The summed E-state index contributed by atoms with van der Waals surface area (Å²) in [4.78, 5) is 20.8. The topological polar surface area (TPSA) is 98.3 Å². The molecule has 0 bridgehead atoms. The van der Waals surface area contributed by atoms with Crippen molar-refractivity contribution in [3.05, 3.63) is 21.9 Å². The highest BCUT2D eigenvalue weighted by molar-refractivity contribution is 5.67. The molecule has 1 fully saturated rings. The van der Waals surface area contributed by atoms with Gasteiger partial charge in [-0.25, -0.2) is 0 Å². The number of hydrogen-bond acceptors (Lipinski definition) is 4. The minimum atomic E-state index is -0.933. The van der Waals surface area contributed by atoms with Gasteiger partial charge >= 0.3 is 11.8 Å². The lowest BCUT2D eigenvalue weighted by molar-refractivity contribution is -0.389. The maximum atomic E-state index is 10.7. The summed E-state index contributed by atoms with van der Waals surface area (Å²) >= 11 is 0. The monoisotopic (exact) mass is 239 g/mol. The predicted octanol–water partition coefficient (Wildman–Crippen LogP) is 1.70. The van der Waals surface area contributed by atoms with Crippen molar-refractivity contribution >= 4 is 11.8 Å².